The average molecular weight is 710 g/mol. The van der Waals surface area contributed by atoms with E-state index in [1.807, 2.05) is 25.1 Å². The van der Waals surface area contributed by atoms with Gasteiger partial charge in [-0.3, -0.25) is 14.5 Å². The van der Waals surface area contributed by atoms with Crippen LogP contribution in [0.25, 0.3) is 11.1 Å². The van der Waals surface area contributed by atoms with E-state index in [2.05, 4.69) is 66.0 Å². The van der Waals surface area contributed by atoms with E-state index >= 15 is 0 Å². The number of amides is 2. The van der Waals surface area contributed by atoms with Gasteiger partial charge < -0.3 is 20.9 Å². The van der Waals surface area contributed by atoms with Gasteiger partial charge in [0.1, 0.15) is 17.3 Å². The van der Waals surface area contributed by atoms with Gasteiger partial charge in [-0.1, -0.05) is 42.8 Å². The SMILES string of the molecule is Cc1nc(C(=O)N[C@H]2CC[C@@H](NC(=O)c3cc(F)cnc3Nc3cccc(-c4ccc(CN5CCC(N6CCCCC6)CC5)cc4)c3)CC2)cs1. The predicted molar refractivity (Wildman–Crippen MR) is 201 cm³/mol. The normalized spacial score (nSPS) is 20.5. The Morgan fingerprint density at radius 3 is 2.24 bits per heavy atom. The predicted octanol–water partition coefficient (Wildman–Crippen LogP) is 7.32. The summed E-state index contributed by atoms with van der Waals surface area (Å²) in [6.07, 6.45) is 10.6. The first-order valence-electron chi connectivity index (χ1n) is 18.5. The zero-order valence-corrected chi connectivity index (χ0v) is 30.2. The number of likely N-dealkylation sites (tertiary alicyclic amines) is 2. The van der Waals surface area contributed by atoms with E-state index < -0.39 is 5.82 Å². The van der Waals surface area contributed by atoms with E-state index in [-0.39, 0.29) is 29.5 Å². The van der Waals surface area contributed by atoms with Gasteiger partial charge in [0.25, 0.3) is 11.8 Å². The molecule has 0 atom stereocenters. The fourth-order valence-corrected chi connectivity index (χ4v) is 8.38. The Morgan fingerprint density at radius 2 is 1.55 bits per heavy atom. The van der Waals surface area contributed by atoms with Crippen molar-refractivity contribution in [3.63, 3.8) is 0 Å². The Labute approximate surface area is 304 Å². The fraction of sp³-hybridized carbons (Fsp3) is 0.450. The lowest BCUT2D eigenvalue weighted by atomic mass is 9.91. The number of aromatic nitrogens is 2. The Morgan fingerprint density at radius 1 is 0.843 bits per heavy atom. The van der Waals surface area contributed by atoms with Crippen molar-refractivity contribution in [2.75, 3.05) is 31.5 Å². The van der Waals surface area contributed by atoms with Crippen LogP contribution in [-0.2, 0) is 6.54 Å². The molecule has 9 nitrogen and oxygen atoms in total. The minimum absolute atomic E-state index is 0.0243. The molecule has 2 aliphatic heterocycles. The van der Waals surface area contributed by atoms with Crippen LogP contribution in [0.5, 0.6) is 0 Å². The fourth-order valence-electron chi connectivity index (χ4n) is 7.78. The molecule has 268 valence electrons. The minimum Gasteiger partial charge on any atom is -0.349 e. The number of benzene rings is 2. The second kappa shape index (κ2) is 16.4. The maximum Gasteiger partial charge on any atom is 0.270 e. The molecule has 0 unspecified atom stereocenters. The van der Waals surface area contributed by atoms with Gasteiger partial charge >= 0.3 is 0 Å². The molecular weight excluding hydrogens is 662 g/mol. The van der Waals surface area contributed by atoms with Crippen LogP contribution in [0, 0.1) is 12.7 Å². The first-order chi connectivity index (χ1) is 24.9. The molecule has 2 saturated heterocycles. The summed E-state index contributed by atoms with van der Waals surface area (Å²) < 4.78 is 14.4. The quantitative estimate of drug-likeness (QED) is 0.159. The van der Waals surface area contributed by atoms with Gasteiger partial charge in [0.2, 0.25) is 0 Å². The van der Waals surface area contributed by atoms with Crippen molar-refractivity contribution in [1.29, 1.82) is 0 Å². The van der Waals surface area contributed by atoms with Crippen LogP contribution in [0.1, 0.15) is 89.2 Å². The van der Waals surface area contributed by atoms with Gasteiger partial charge in [-0.05, 0) is 119 Å². The smallest absolute Gasteiger partial charge is 0.270 e. The van der Waals surface area contributed by atoms with Crippen molar-refractivity contribution in [3.05, 3.63) is 93.8 Å². The highest BCUT2D eigenvalue weighted by Gasteiger charge is 2.27. The van der Waals surface area contributed by atoms with E-state index in [1.54, 1.807) is 5.38 Å². The average Bonchev–Trinajstić information content (AvgIpc) is 3.60. The number of carbonyl (C=O) groups is 2. The maximum atomic E-state index is 14.4. The Hall–Kier alpha value is -4.19. The van der Waals surface area contributed by atoms with Gasteiger partial charge in [0, 0.05) is 35.7 Å². The number of thiazole rings is 1. The lowest BCUT2D eigenvalue weighted by Crippen LogP contribution is -2.46. The first kappa shape index (κ1) is 35.2. The molecule has 4 heterocycles. The molecule has 2 aromatic heterocycles. The summed E-state index contributed by atoms with van der Waals surface area (Å²) >= 11 is 1.45. The van der Waals surface area contributed by atoms with E-state index in [0.29, 0.717) is 24.4 Å². The molecular formula is C40H48FN7O2S. The van der Waals surface area contributed by atoms with Gasteiger partial charge in [-0.25, -0.2) is 14.4 Å². The number of nitrogens with one attached hydrogen (secondary N) is 3. The zero-order chi connectivity index (χ0) is 35.2. The highest BCUT2D eigenvalue weighted by Crippen LogP contribution is 2.28. The number of aryl methyl sites for hydroxylation is 1. The Kier molecular flexibility index (Phi) is 11.4. The zero-order valence-electron chi connectivity index (χ0n) is 29.4. The van der Waals surface area contributed by atoms with E-state index in [4.69, 9.17) is 0 Å². The molecule has 2 amide bonds. The third kappa shape index (κ3) is 9.19. The van der Waals surface area contributed by atoms with Crippen molar-refractivity contribution in [2.24, 2.45) is 0 Å². The van der Waals surface area contributed by atoms with Crippen molar-refractivity contribution in [3.8, 4) is 11.1 Å². The molecule has 0 spiro atoms. The Bertz CT molecular complexity index is 1790. The van der Waals surface area contributed by atoms with Gasteiger partial charge in [-0.2, -0.15) is 0 Å². The van der Waals surface area contributed by atoms with Crippen LogP contribution in [0.2, 0.25) is 0 Å². The minimum atomic E-state index is -0.574. The van der Waals surface area contributed by atoms with Crippen molar-refractivity contribution in [1.82, 2.24) is 30.4 Å². The summed E-state index contributed by atoms with van der Waals surface area (Å²) in [6.45, 7) is 7.72. The number of rotatable bonds is 10. The number of carbonyl (C=O) groups excluding carboxylic acids is 2. The summed E-state index contributed by atoms with van der Waals surface area (Å²) in [5.74, 6) is -0.819. The number of hydrogen-bond acceptors (Lipinski definition) is 8. The van der Waals surface area contributed by atoms with Crippen LogP contribution in [0.4, 0.5) is 15.9 Å². The highest BCUT2D eigenvalue weighted by atomic mass is 32.1. The number of piperidine rings is 2. The van der Waals surface area contributed by atoms with Crippen molar-refractivity contribution >= 4 is 34.7 Å². The Balaban J connectivity index is 0.925. The molecule has 3 fully saturated rings. The van der Waals surface area contributed by atoms with Crippen LogP contribution in [-0.4, -0.2) is 75.9 Å². The molecule has 3 N–H and O–H groups in total. The number of pyridine rings is 1. The molecule has 7 rings (SSSR count). The van der Waals surface area contributed by atoms with Gasteiger partial charge in [-0.15, -0.1) is 11.3 Å². The molecule has 1 aliphatic carbocycles. The summed E-state index contributed by atoms with van der Waals surface area (Å²) in [5.41, 5.74) is 4.81. The lowest BCUT2D eigenvalue weighted by molar-refractivity contribution is 0.0889. The van der Waals surface area contributed by atoms with Gasteiger partial charge in [0.05, 0.1) is 16.8 Å². The molecule has 11 heteroatoms. The maximum absolute atomic E-state index is 14.4. The number of anilines is 2. The largest absolute Gasteiger partial charge is 0.349 e. The first-order valence-corrected chi connectivity index (χ1v) is 19.4. The number of halogens is 1. The molecule has 3 aliphatic rings. The number of nitrogens with zero attached hydrogens (tertiary/aromatic N) is 4. The van der Waals surface area contributed by atoms with Crippen LogP contribution in [0.15, 0.2) is 66.2 Å². The van der Waals surface area contributed by atoms with Crippen LogP contribution >= 0.6 is 11.3 Å². The van der Waals surface area contributed by atoms with Crippen molar-refractivity contribution in [2.45, 2.75) is 89.4 Å². The molecule has 4 aromatic rings. The second-order valence-corrected chi connectivity index (χ2v) is 15.4. The molecule has 51 heavy (non-hydrogen) atoms. The standard InChI is InChI=1S/C40H48FN7O2S/c1-27-43-37(26-51-27)40(50)46-33-14-12-32(13-15-33)45-39(49)36-23-31(41)24-42-38(36)44-34-7-5-6-30(22-34)29-10-8-28(9-11-29)25-47-20-16-35(17-21-47)48-18-3-2-4-19-48/h5-11,22-24,26,32-33,35H,2-4,12-21,25H2,1H3,(H,42,44)(H,45,49)(H,46,50)/t32-,33+. The van der Waals surface area contributed by atoms with Crippen LogP contribution < -0.4 is 16.0 Å². The molecule has 1 saturated carbocycles. The van der Waals surface area contributed by atoms with Crippen LogP contribution in [0.3, 0.4) is 0 Å². The number of hydrogen-bond donors (Lipinski definition) is 3. The monoisotopic (exact) mass is 709 g/mol. The van der Waals surface area contributed by atoms with E-state index in [1.165, 1.54) is 68.2 Å². The van der Waals surface area contributed by atoms with E-state index in [0.717, 1.165) is 66.5 Å². The highest BCUT2D eigenvalue weighted by molar-refractivity contribution is 7.09. The summed E-state index contributed by atoms with van der Waals surface area (Å²) in [4.78, 5) is 39.8. The van der Waals surface area contributed by atoms with Crippen molar-refractivity contribution < 1.29 is 14.0 Å². The molecule has 2 aromatic carbocycles. The molecule has 0 radical (unpaired) electrons. The lowest BCUT2D eigenvalue weighted by Gasteiger charge is -2.40. The topological polar surface area (TPSA) is 102 Å². The third-order valence-corrected chi connectivity index (χ3v) is 11.4. The molecule has 0 bridgehead atoms. The third-order valence-electron chi connectivity index (χ3n) is 10.6. The summed E-state index contributed by atoms with van der Waals surface area (Å²) in [6, 6.07) is 18.7. The summed E-state index contributed by atoms with van der Waals surface area (Å²) in [7, 11) is 0. The van der Waals surface area contributed by atoms with Gasteiger partial charge in [0.15, 0.2) is 0 Å². The summed E-state index contributed by atoms with van der Waals surface area (Å²) in [5, 5.41) is 12.0. The second-order valence-electron chi connectivity index (χ2n) is 14.3. The van der Waals surface area contributed by atoms with E-state index in [9.17, 15) is 14.0 Å².